The minimum absolute atomic E-state index is 0.239. The first-order chi connectivity index (χ1) is 22.3. The van der Waals surface area contributed by atoms with E-state index in [2.05, 4.69) is 20.5 Å². The van der Waals surface area contributed by atoms with Crippen molar-refractivity contribution in [1.82, 2.24) is 9.88 Å². The Balaban J connectivity index is 1.06. The highest BCUT2D eigenvalue weighted by molar-refractivity contribution is 6.07. The lowest BCUT2D eigenvalue weighted by Gasteiger charge is -2.35. The van der Waals surface area contributed by atoms with Gasteiger partial charge in [-0.15, -0.1) is 0 Å². The Labute approximate surface area is 265 Å². The number of nitrogens with one attached hydrogen (secondary N) is 2. The number of furan rings is 1. The second-order valence-corrected chi connectivity index (χ2v) is 10.8. The molecule has 3 heterocycles. The van der Waals surface area contributed by atoms with Crippen LogP contribution >= 0.6 is 0 Å². The molecule has 0 aliphatic carbocycles. The minimum atomic E-state index is -0.466. The first-order valence-corrected chi connectivity index (χ1v) is 14.8. The van der Waals surface area contributed by atoms with Gasteiger partial charge in [0.25, 0.3) is 5.91 Å². The fourth-order valence-electron chi connectivity index (χ4n) is 5.51. The van der Waals surface area contributed by atoms with E-state index in [0.29, 0.717) is 48.7 Å². The summed E-state index contributed by atoms with van der Waals surface area (Å²) in [5.41, 5.74) is 4.71. The SMILES string of the molecule is COC(=O)c1cccc(NC(=O)N2CCN(c3ccc(NC(=O)c4oc5ccc(-c6ccccc6OC)cc5c4C)cn3)CC2)c1. The maximum absolute atomic E-state index is 13.2. The molecule has 11 nitrogen and oxygen atoms in total. The zero-order valence-corrected chi connectivity index (χ0v) is 25.7. The van der Waals surface area contributed by atoms with Crippen LogP contribution in [0.1, 0.15) is 26.5 Å². The van der Waals surface area contributed by atoms with Crippen molar-refractivity contribution in [3.8, 4) is 16.9 Å². The minimum Gasteiger partial charge on any atom is -0.496 e. The van der Waals surface area contributed by atoms with Crippen LogP contribution in [0.4, 0.5) is 22.0 Å². The standard InChI is InChI=1S/C35H33N5O6/c1-22-28-20-23(27-9-4-5-10-29(27)44-2)11-13-30(28)46-32(22)33(41)37-26-12-14-31(36-21-26)39-15-17-40(18-16-39)35(43)38-25-8-6-7-24(19-25)34(42)45-3/h4-14,19-21H,15-18H2,1-3H3,(H,37,41)(H,38,43). The summed E-state index contributed by atoms with van der Waals surface area (Å²) < 4.78 is 16.2. The highest BCUT2D eigenvalue weighted by atomic mass is 16.5. The molecule has 0 radical (unpaired) electrons. The third-order valence-electron chi connectivity index (χ3n) is 7.99. The summed E-state index contributed by atoms with van der Waals surface area (Å²) in [5.74, 6) is 0.921. The topological polar surface area (TPSA) is 126 Å². The predicted molar refractivity (Wildman–Crippen MR) is 176 cm³/mol. The lowest BCUT2D eigenvalue weighted by Crippen LogP contribution is -2.50. The Morgan fingerprint density at radius 1 is 0.848 bits per heavy atom. The van der Waals surface area contributed by atoms with Crippen LogP contribution < -0.4 is 20.3 Å². The summed E-state index contributed by atoms with van der Waals surface area (Å²) in [6.07, 6.45) is 1.61. The monoisotopic (exact) mass is 619 g/mol. The molecule has 0 spiro atoms. The van der Waals surface area contributed by atoms with E-state index in [1.54, 1.807) is 48.5 Å². The zero-order chi connectivity index (χ0) is 32.2. The molecular formula is C35H33N5O6. The van der Waals surface area contributed by atoms with E-state index in [9.17, 15) is 14.4 Å². The lowest BCUT2D eigenvalue weighted by molar-refractivity contribution is 0.0600. The first kappa shape index (κ1) is 30.2. The van der Waals surface area contributed by atoms with Gasteiger partial charge < -0.3 is 34.3 Å². The van der Waals surface area contributed by atoms with Gasteiger partial charge in [0.05, 0.1) is 31.7 Å². The number of pyridine rings is 1. The Morgan fingerprint density at radius 3 is 2.39 bits per heavy atom. The average Bonchev–Trinajstić information content (AvgIpc) is 3.43. The second-order valence-electron chi connectivity index (χ2n) is 10.8. The summed E-state index contributed by atoms with van der Waals surface area (Å²) in [6, 6.07) is 23.6. The number of methoxy groups -OCH3 is 2. The number of ether oxygens (including phenoxy) is 2. The Morgan fingerprint density at radius 2 is 1.65 bits per heavy atom. The molecular weight excluding hydrogens is 586 g/mol. The normalized spacial score (nSPS) is 12.9. The quantitative estimate of drug-likeness (QED) is 0.206. The van der Waals surface area contributed by atoms with Crippen LogP contribution in [0.5, 0.6) is 5.75 Å². The van der Waals surface area contributed by atoms with E-state index >= 15 is 0 Å². The number of urea groups is 1. The second kappa shape index (κ2) is 13.0. The third-order valence-corrected chi connectivity index (χ3v) is 7.99. The molecule has 0 saturated carbocycles. The van der Waals surface area contributed by atoms with Crippen LogP contribution in [0, 0.1) is 6.92 Å². The van der Waals surface area contributed by atoms with Gasteiger partial charge in [-0.25, -0.2) is 14.6 Å². The molecule has 1 aliphatic rings. The number of para-hydroxylation sites is 1. The first-order valence-electron chi connectivity index (χ1n) is 14.8. The molecule has 0 bridgehead atoms. The van der Waals surface area contributed by atoms with Crippen LogP contribution in [-0.4, -0.2) is 68.2 Å². The van der Waals surface area contributed by atoms with Gasteiger partial charge in [0.2, 0.25) is 0 Å². The van der Waals surface area contributed by atoms with Crippen LogP contribution in [-0.2, 0) is 4.74 Å². The van der Waals surface area contributed by atoms with E-state index in [0.717, 1.165) is 33.6 Å². The van der Waals surface area contributed by atoms with Crippen LogP contribution in [0.2, 0.25) is 0 Å². The fraction of sp³-hybridized carbons (Fsp3) is 0.200. The van der Waals surface area contributed by atoms with E-state index in [-0.39, 0.29) is 17.7 Å². The predicted octanol–water partition coefficient (Wildman–Crippen LogP) is 6.20. The molecule has 5 aromatic rings. The number of aryl methyl sites for hydroxylation is 1. The zero-order valence-electron chi connectivity index (χ0n) is 25.7. The van der Waals surface area contributed by atoms with Gasteiger partial charge in [0, 0.05) is 48.4 Å². The Hall–Kier alpha value is -5.84. The van der Waals surface area contributed by atoms with Gasteiger partial charge >= 0.3 is 12.0 Å². The number of fused-ring (bicyclic) bond motifs is 1. The summed E-state index contributed by atoms with van der Waals surface area (Å²) in [6.45, 7) is 4.03. The number of aromatic nitrogens is 1. The van der Waals surface area contributed by atoms with Gasteiger partial charge in [-0.05, 0) is 61.0 Å². The van der Waals surface area contributed by atoms with E-state index < -0.39 is 5.97 Å². The molecule has 3 amide bonds. The Bertz CT molecular complexity index is 1910. The molecule has 1 aliphatic heterocycles. The van der Waals surface area contributed by atoms with Gasteiger partial charge in [0.15, 0.2) is 5.76 Å². The van der Waals surface area contributed by atoms with Crippen molar-refractivity contribution in [3.63, 3.8) is 0 Å². The molecule has 2 aromatic heterocycles. The molecule has 2 N–H and O–H groups in total. The molecule has 234 valence electrons. The molecule has 6 rings (SSSR count). The van der Waals surface area contributed by atoms with Gasteiger partial charge in [0.1, 0.15) is 17.2 Å². The summed E-state index contributed by atoms with van der Waals surface area (Å²) >= 11 is 0. The van der Waals surface area contributed by atoms with E-state index in [1.807, 2.05) is 55.5 Å². The van der Waals surface area contributed by atoms with Crippen LogP contribution in [0.25, 0.3) is 22.1 Å². The van der Waals surface area contributed by atoms with E-state index in [1.165, 1.54) is 7.11 Å². The summed E-state index contributed by atoms with van der Waals surface area (Å²) in [5, 5.41) is 6.59. The highest BCUT2D eigenvalue weighted by Crippen LogP contribution is 2.34. The highest BCUT2D eigenvalue weighted by Gasteiger charge is 2.23. The smallest absolute Gasteiger partial charge is 0.337 e. The maximum Gasteiger partial charge on any atom is 0.337 e. The van der Waals surface area contributed by atoms with Gasteiger partial charge in [-0.1, -0.05) is 30.3 Å². The number of carbonyl (C=O) groups excluding carboxylic acids is 3. The number of amides is 3. The van der Waals surface area contributed by atoms with Crippen molar-refractivity contribution in [2.75, 3.05) is 55.9 Å². The molecule has 11 heteroatoms. The number of esters is 1. The number of hydrogen-bond acceptors (Lipinski definition) is 8. The summed E-state index contributed by atoms with van der Waals surface area (Å²) in [7, 11) is 2.96. The molecule has 3 aromatic carbocycles. The van der Waals surface area contributed by atoms with Crippen LogP contribution in [0.3, 0.4) is 0 Å². The average molecular weight is 620 g/mol. The van der Waals surface area contributed by atoms with Crippen LogP contribution in [0.15, 0.2) is 89.5 Å². The molecule has 1 fully saturated rings. The number of anilines is 3. The van der Waals surface area contributed by atoms with Crippen molar-refractivity contribution in [3.05, 3.63) is 102 Å². The summed E-state index contributed by atoms with van der Waals surface area (Å²) in [4.78, 5) is 46.2. The van der Waals surface area contributed by atoms with Crippen molar-refractivity contribution in [1.29, 1.82) is 0 Å². The molecule has 0 atom stereocenters. The third kappa shape index (κ3) is 6.20. The molecule has 0 unspecified atom stereocenters. The van der Waals surface area contributed by atoms with Crippen molar-refractivity contribution < 1.29 is 28.3 Å². The number of rotatable bonds is 7. The fourth-order valence-corrected chi connectivity index (χ4v) is 5.51. The van der Waals surface area contributed by atoms with Crippen molar-refractivity contribution in [2.24, 2.45) is 0 Å². The van der Waals surface area contributed by atoms with Crippen molar-refractivity contribution >= 4 is 46.1 Å². The Kier molecular flexibility index (Phi) is 8.55. The number of carbonyl (C=O) groups is 3. The van der Waals surface area contributed by atoms with Crippen molar-refractivity contribution in [2.45, 2.75) is 6.92 Å². The largest absolute Gasteiger partial charge is 0.496 e. The van der Waals surface area contributed by atoms with Gasteiger partial charge in [-0.3, -0.25) is 4.79 Å². The van der Waals surface area contributed by atoms with Gasteiger partial charge in [-0.2, -0.15) is 0 Å². The number of nitrogens with zero attached hydrogens (tertiary/aromatic N) is 3. The van der Waals surface area contributed by atoms with E-state index in [4.69, 9.17) is 13.9 Å². The number of benzene rings is 3. The maximum atomic E-state index is 13.2. The number of piperazine rings is 1. The lowest BCUT2D eigenvalue weighted by atomic mass is 10.0. The molecule has 1 saturated heterocycles. The molecule has 46 heavy (non-hydrogen) atoms. The number of hydrogen-bond donors (Lipinski definition) is 2.